The van der Waals surface area contributed by atoms with E-state index in [4.69, 9.17) is 0 Å². The van der Waals surface area contributed by atoms with Crippen LogP contribution in [0.4, 0.5) is 5.69 Å². The number of hydrogen-bond acceptors (Lipinski definition) is 5. The summed E-state index contributed by atoms with van der Waals surface area (Å²) < 4.78 is 26.5. The predicted octanol–water partition coefficient (Wildman–Crippen LogP) is 1.06. The third kappa shape index (κ3) is 3.02. The molecule has 0 saturated carbocycles. The summed E-state index contributed by atoms with van der Waals surface area (Å²) in [7, 11) is -3.92. The van der Waals surface area contributed by atoms with Gasteiger partial charge in [-0.05, 0) is 42.6 Å². The maximum atomic E-state index is 12.8. The maximum Gasteiger partial charge on any atom is 0.273 e. The molecule has 0 radical (unpaired) electrons. The van der Waals surface area contributed by atoms with Crippen LogP contribution in [0.15, 0.2) is 65.9 Å². The average Bonchev–Trinajstić information content (AvgIpc) is 3.15. The molecule has 0 fully saturated rings. The fraction of sp³-hybridized carbons (Fsp3) is 0.111. The standard InChI is InChI=1S/C18H16N4O4S/c23-17(20-11-13-4-1-2-8-19-13)12-6-7-16-14(10-12)21-18(24)15-5-3-9-22(15)27(16,25)26/h1-10,13,19H,11H2,(H,20,23)(H,21,24). The van der Waals surface area contributed by atoms with E-state index in [1.165, 1.54) is 36.5 Å². The molecule has 2 aromatic rings. The molecule has 138 valence electrons. The van der Waals surface area contributed by atoms with Gasteiger partial charge in [-0.1, -0.05) is 12.2 Å². The van der Waals surface area contributed by atoms with Gasteiger partial charge >= 0.3 is 0 Å². The molecule has 9 heteroatoms. The molecule has 1 atom stereocenters. The summed E-state index contributed by atoms with van der Waals surface area (Å²) in [6.45, 7) is 0.368. The topological polar surface area (TPSA) is 109 Å². The Kier molecular flexibility index (Phi) is 4.08. The van der Waals surface area contributed by atoms with E-state index in [0.717, 1.165) is 3.97 Å². The van der Waals surface area contributed by atoms with Crippen molar-refractivity contribution in [3.05, 3.63) is 72.2 Å². The van der Waals surface area contributed by atoms with E-state index in [-0.39, 0.29) is 33.8 Å². The molecule has 3 N–H and O–H groups in total. The van der Waals surface area contributed by atoms with Crippen molar-refractivity contribution in [3.63, 3.8) is 0 Å². The number of carbonyl (C=O) groups is 2. The van der Waals surface area contributed by atoms with Crippen molar-refractivity contribution in [2.24, 2.45) is 0 Å². The lowest BCUT2D eigenvalue weighted by atomic mass is 10.1. The number of dihydropyridines is 1. The number of aromatic nitrogens is 1. The SMILES string of the molecule is O=C(NCC1C=CC=CN1)c1ccc2c(c1)NC(=O)c1cccn1S2(=O)=O. The Balaban J connectivity index is 1.61. The normalized spacial score (nSPS) is 19.3. The van der Waals surface area contributed by atoms with Gasteiger partial charge in [-0.25, -0.2) is 12.4 Å². The smallest absolute Gasteiger partial charge is 0.273 e. The number of anilines is 1. The molecule has 2 aliphatic rings. The summed E-state index contributed by atoms with van der Waals surface area (Å²) in [5, 5.41) is 8.44. The van der Waals surface area contributed by atoms with Gasteiger partial charge in [0.05, 0.1) is 11.7 Å². The lowest BCUT2D eigenvalue weighted by Gasteiger charge is -2.16. The zero-order chi connectivity index (χ0) is 19.0. The lowest BCUT2D eigenvalue weighted by molar-refractivity contribution is 0.0950. The molecule has 3 heterocycles. The first kappa shape index (κ1) is 17.1. The zero-order valence-electron chi connectivity index (χ0n) is 14.0. The number of hydrogen-bond donors (Lipinski definition) is 3. The van der Waals surface area contributed by atoms with Gasteiger partial charge in [-0.3, -0.25) is 9.59 Å². The molecule has 1 aromatic heterocycles. The van der Waals surface area contributed by atoms with Gasteiger partial charge in [-0.15, -0.1) is 0 Å². The molecule has 1 unspecified atom stereocenters. The Morgan fingerprint density at radius 1 is 1.22 bits per heavy atom. The van der Waals surface area contributed by atoms with Crippen LogP contribution in [-0.2, 0) is 10.0 Å². The average molecular weight is 384 g/mol. The van der Waals surface area contributed by atoms with E-state index < -0.39 is 15.9 Å². The van der Waals surface area contributed by atoms with Crippen LogP contribution in [0.5, 0.6) is 0 Å². The largest absolute Gasteiger partial charge is 0.383 e. The zero-order valence-corrected chi connectivity index (χ0v) is 14.9. The summed E-state index contributed by atoms with van der Waals surface area (Å²) >= 11 is 0. The summed E-state index contributed by atoms with van der Waals surface area (Å²) in [5.41, 5.74) is 0.349. The number of allylic oxidation sites excluding steroid dienone is 2. The van der Waals surface area contributed by atoms with Gasteiger partial charge < -0.3 is 16.0 Å². The second-order valence-corrected chi connectivity index (χ2v) is 7.87. The number of amides is 2. The lowest BCUT2D eigenvalue weighted by Crippen LogP contribution is -2.38. The van der Waals surface area contributed by atoms with Crippen molar-refractivity contribution < 1.29 is 18.0 Å². The second kappa shape index (κ2) is 6.44. The fourth-order valence-corrected chi connectivity index (χ4v) is 4.43. The van der Waals surface area contributed by atoms with Crippen molar-refractivity contribution in [1.82, 2.24) is 14.6 Å². The molecule has 0 spiro atoms. The number of rotatable bonds is 3. The number of carbonyl (C=O) groups excluding carboxylic acids is 2. The minimum Gasteiger partial charge on any atom is -0.383 e. The highest BCUT2D eigenvalue weighted by Gasteiger charge is 2.30. The molecule has 8 nitrogen and oxygen atoms in total. The van der Waals surface area contributed by atoms with Crippen molar-refractivity contribution >= 4 is 27.5 Å². The van der Waals surface area contributed by atoms with E-state index in [1.54, 1.807) is 6.20 Å². The first-order chi connectivity index (χ1) is 13.0. The molecule has 1 aromatic carbocycles. The minimum absolute atomic E-state index is 0.0143. The van der Waals surface area contributed by atoms with Crippen molar-refractivity contribution in [3.8, 4) is 0 Å². The van der Waals surface area contributed by atoms with Gasteiger partial charge in [0, 0.05) is 18.3 Å². The second-order valence-electron chi connectivity index (χ2n) is 6.09. The van der Waals surface area contributed by atoms with Gasteiger partial charge in [0.25, 0.3) is 21.8 Å². The van der Waals surface area contributed by atoms with Gasteiger partial charge in [0.1, 0.15) is 10.6 Å². The highest BCUT2D eigenvalue weighted by Crippen LogP contribution is 2.29. The van der Waals surface area contributed by atoms with E-state index in [2.05, 4.69) is 16.0 Å². The third-order valence-corrected chi connectivity index (χ3v) is 6.06. The van der Waals surface area contributed by atoms with Crippen molar-refractivity contribution in [2.75, 3.05) is 11.9 Å². The Hall–Kier alpha value is -3.33. The molecular formula is C18H16N4O4S. The Labute approximate surface area is 155 Å². The van der Waals surface area contributed by atoms with Crippen LogP contribution in [0.2, 0.25) is 0 Å². The summed E-state index contributed by atoms with van der Waals surface area (Å²) in [5.74, 6) is -0.915. The van der Waals surface area contributed by atoms with Crippen LogP contribution < -0.4 is 16.0 Å². The highest BCUT2D eigenvalue weighted by molar-refractivity contribution is 7.90. The van der Waals surface area contributed by atoms with E-state index >= 15 is 0 Å². The van der Waals surface area contributed by atoms with Crippen LogP contribution in [-0.4, -0.2) is 36.8 Å². The highest BCUT2D eigenvalue weighted by atomic mass is 32.2. The molecule has 2 amide bonds. The van der Waals surface area contributed by atoms with Crippen LogP contribution in [0.1, 0.15) is 20.8 Å². The molecule has 0 aliphatic carbocycles. The van der Waals surface area contributed by atoms with Crippen LogP contribution >= 0.6 is 0 Å². The Bertz CT molecular complexity index is 1100. The first-order valence-corrected chi connectivity index (χ1v) is 9.67. The van der Waals surface area contributed by atoms with Crippen LogP contribution in [0.3, 0.4) is 0 Å². The van der Waals surface area contributed by atoms with Gasteiger partial charge in [0.15, 0.2) is 0 Å². The number of nitrogens with zero attached hydrogens (tertiary/aromatic N) is 1. The summed E-state index contributed by atoms with van der Waals surface area (Å²) in [6.07, 6.45) is 8.75. The number of benzene rings is 1. The van der Waals surface area contributed by atoms with Gasteiger partial charge in [0.2, 0.25) is 0 Å². The van der Waals surface area contributed by atoms with Crippen molar-refractivity contribution in [1.29, 1.82) is 0 Å². The number of nitrogens with one attached hydrogen (secondary N) is 3. The van der Waals surface area contributed by atoms with Crippen LogP contribution in [0.25, 0.3) is 0 Å². The van der Waals surface area contributed by atoms with Gasteiger partial charge in [-0.2, -0.15) is 0 Å². The molecule has 4 rings (SSSR count). The molecular weight excluding hydrogens is 368 g/mol. The number of fused-ring (bicyclic) bond motifs is 2. The van der Waals surface area contributed by atoms with E-state index in [0.29, 0.717) is 6.54 Å². The first-order valence-electron chi connectivity index (χ1n) is 8.23. The quantitative estimate of drug-likeness (QED) is 0.733. The van der Waals surface area contributed by atoms with E-state index in [9.17, 15) is 18.0 Å². The van der Waals surface area contributed by atoms with Crippen molar-refractivity contribution in [2.45, 2.75) is 10.9 Å². The minimum atomic E-state index is -3.92. The van der Waals surface area contributed by atoms with Crippen LogP contribution in [0, 0.1) is 0 Å². The summed E-state index contributed by atoms with van der Waals surface area (Å²) in [4.78, 5) is 24.7. The third-order valence-electron chi connectivity index (χ3n) is 4.32. The Morgan fingerprint density at radius 3 is 2.85 bits per heavy atom. The molecule has 0 saturated heterocycles. The molecule has 0 bridgehead atoms. The fourth-order valence-electron chi connectivity index (χ4n) is 2.96. The molecule has 2 aliphatic heterocycles. The van der Waals surface area contributed by atoms with E-state index in [1.807, 2.05) is 18.2 Å². The summed E-state index contributed by atoms with van der Waals surface area (Å²) in [6, 6.07) is 7.02. The predicted molar refractivity (Wildman–Crippen MR) is 98.9 cm³/mol. The molecule has 27 heavy (non-hydrogen) atoms. The monoisotopic (exact) mass is 384 g/mol. The maximum absolute atomic E-state index is 12.8. The Morgan fingerprint density at radius 2 is 2.07 bits per heavy atom.